The van der Waals surface area contributed by atoms with Gasteiger partial charge in [0.1, 0.15) is 5.71 Å². The molecule has 37 heavy (non-hydrogen) atoms. The zero-order valence-electron chi connectivity index (χ0n) is 19.4. The molecule has 0 heterocycles. The monoisotopic (exact) mass is 494 g/mol. The molecule has 0 saturated carbocycles. The number of rotatable bonds is 7. The van der Waals surface area contributed by atoms with Gasteiger partial charge in [-0.3, -0.25) is 20.2 Å². The molecule has 0 spiro atoms. The molecule has 10 heteroatoms. The Morgan fingerprint density at radius 3 is 1.95 bits per heavy atom. The van der Waals surface area contributed by atoms with E-state index in [2.05, 4.69) is 22.3 Å². The summed E-state index contributed by atoms with van der Waals surface area (Å²) in [6.45, 7) is 0. The van der Waals surface area contributed by atoms with Crippen molar-refractivity contribution in [3.8, 4) is 28.4 Å². The number of ether oxygens (including phenoxy) is 2. The number of fused-ring (bicyclic) bond motifs is 3. The Balaban J connectivity index is 1.42. The highest BCUT2D eigenvalue weighted by Crippen LogP contribution is 2.39. The van der Waals surface area contributed by atoms with Crippen LogP contribution in [-0.2, 0) is 0 Å². The van der Waals surface area contributed by atoms with Gasteiger partial charge in [0.25, 0.3) is 5.69 Å². The first kappa shape index (κ1) is 23.4. The first-order valence-corrected chi connectivity index (χ1v) is 11.0. The van der Waals surface area contributed by atoms with Gasteiger partial charge in [-0.2, -0.15) is 5.10 Å². The van der Waals surface area contributed by atoms with Crippen LogP contribution in [0.1, 0.15) is 16.7 Å². The quantitative estimate of drug-likeness (QED) is 0.151. The molecule has 1 aliphatic carbocycles. The number of hydrogen-bond acceptors (Lipinski definition) is 8. The van der Waals surface area contributed by atoms with Crippen LogP contribution in [0.4, 0.5) is 11.4 Å². The summed E-state index contributed by atoms with van der Waals surface area (Å²) < 4.78 is 11.1. The average Bonchev–Trinajstić information content (AvgIpc) is 3.23. The van der Waals surface area contributed by atoms with Crippen molar-refractivity contribution in [3.05, 3.63) is 122 Å². The average molecular weight is 494 g/mol. The molecule has 0 bridgehead atoms. The highest BCUT2D eigenvalue weighted by Gasteiger charge is 2.24. The lowest BCUT2D eigenvalue weighted by Crippen LogP contribution is -1.98. The number of nitrogens with zero attached hydrogens (tertiary/aromatic N) is 4. The maximum absolute atomic E-state index is 11.4. The lowest BCUT2D eigenvalue weighted by atomic mass is 10.1. The summed E-state index contributed by atoms with van der Waals surface area (Å²) in [6.07, 6.45) is 1.57. The summed E-state index contributed by atoms with van der Waals surface area (Å²) in [5.74, 6) is 0.336. The molecule has 4 aromatic carbocycles. The van der Waals surface area contributed by atoms with Gasteiger partial charge in [-0.1, -0.05) is 48.5 Å². The lowest BCUT2D eigenvalue weighted by Gasteiger charge is -2.11. The highest BCUT2D eigenvalue weighted by molar-refractivity contribution is 6.24. The summed E-state index contributed by atoms with van der Waals surface area (Å²) in [5, 5.41) is 31.2. The predicted molar refractivity (Wildman–Crippen MR) is 138 cm³/mol. The van der Waals surface area contributed by atoms with Gasteiger partial charge >= 0.3 is 5.69 Å². The van der Waals surface area contributed by atoms with E-state index in [0.717, 1.165) is 40.1 Å². The zero-order valence-corrected chi connectivity index (χ0v) is 19.4. The largest absolute Gasteiger partial charge is 0.493 e. The maximum atomic E-state index is 11.4. The zero-order chi connectivity index (χ0) is 25.9. The smallest absolute Gasteiger partial charge is 0.318 e. The number of non-ortho nitro benzene ring substituents is 1. The molecule has 1 aliphatic rings. The molecule has 0 radical (unpaired) electrons. The number of methoxy groups -OCH3 is 1. The van der Waals surface area contributed by atoms with Crippen LogP contribution in [0.3, 0.4) is 0 Å². The third kappa shape index (κ3) is 4.50. The SMILES string of the molecule is COc1cc(/C=N/N=C2c3ccccc3-c3ccccc32)ccc1Oc1ccc([N+](=O)[O-])cc1[N+](=O)[O-]. The molecule has 0 amide bonds. The molecule has 0 atom stereocenters. The molecule has 10 nitrogen and oxygen atoms in total. The molecular formula is C27H18N4O6. The topological polar surface area (TPSA) is 129 Å². The van der Waals surface area contributed by atoms with Crippen molar-refractivity contribution in [1.29, 1.82) is 0 Å². The standard InChI is InChI=1S/C27H18N4O6/c1-36-26-14-17(10-12-25(26)37-24-13-11-18(30(32)33)15-23(24)31(34)35)16-28-29-27-21-8-4-2-6-19(21)20-7-3-5-9-22(20)27/h2-16H,1H3/b28-16+. The fourth-order valence-corrected chi connectivity index (χ4v) is 4.07. The van der Waals surface area contributed by atoms with E-state index in [9.17, 15) is 20.2 Å². The fraction of sp³-hybridized carbons (Fsp3) is 0.0370. The van der Waals surface area contributed by atoms with Gasteiger partial charge in [-0.15, -0.1) is 5.10 Å². The van der Waals surface area contributed by atoms with Crippen LogP contribution in [0.25, 0.3) is 11.1 Å². The van der Waals surface area contributed by atoms with Gasteiger partial charge in [-0.05, 0) is 41.0 Å². The minimum atomic E-state index is -0.742. The van der Waals surface area contributed by atoms with Gasteiger partial charge < -0.3 is 9.47 Å². The molecule has 0 N–H and O–H groups in total. The molecule has 182 valence electrons. The minimum Gasteiger partial charge on any atom is -0.493 e. The number of hydrogen-bond donors (Lipinski definition) is 0. The van der Waals surface area contributed by atoms with E-state index < -0.39 is 21.2 Å². The Hall–Kier alpha value is -5.38. The predicted octanol–water partition coefficient (Wildman–Crippen LogP) is 6.16. The van der Waals surface area contributed by atoms with Crippen molar-refractivity contribution in [1.82, 2.24) is 0 Å². The molecular weight excluding hydrogens is 476 g/mol. The second-order valence-corrected chi connectivity index (χ2v) is 7.96. The second kappa shape index (κ2) is 9.70. The lowest BCUT2D eigenvalue weighted by molar-refractivity contribution is -0.394. The Bertz CT molecular complexity index is 1570. The Morgan fingerprint density at radius 1 is 0.730 bits per heavy atom. The van der Waals surface area contributed by atoms with E-state index in [1.165, 1.54) is 13.2 Å². The molecule has 0 saturated heterocycles. The van der Waals surface area contributed by atoms with Gasteiger partial charge in [0.15, 0.2) is 11.5 Å². The van der Waals surface area contributed by atoms with E-state index >= 15 is 0 Å². The van der Waals surface area contributed by atoms with E-state index in [-0.39, 0.29) is 11.5 Å². The van der Waals surface area contributed by atoms with E-state index in [4.69, 9.17) is 9.47 Å². The van der Waals surface area contributed by atoms with Crippen LogP contribution in [-0.4, -0.2) is 28.9 Å². The molecule has 5 rings (SSSR count). The first-order chi connectivity index (χ1) is 18.0. The van der Waals surface area contributed by atoms with Crippen molar-refractivity contribution in [2.45, 2.75) is 0 Å². The Morgan fingerprint density at radius 2 is 1.35 bits per heavy atom. The van der Waals surface area contributed by atoms with Crippen LogP contribution >= 0.6 is 0 Å². The molecule has 0 unspecified atom stereocenters. The van der Waals surface area contributed by atoms with Crippen LogP contribution in [0.5, 0.6) is 17.2 Å². The van der Waals surface area contributed by atoms with Crippen LogP contribution in [0.2, 0.25) is 0 Å². The summed E-state index contributed by atoms with van der Waals surface area (Å²) >= 11 is 0. The third-order valence-corrected chi connectivity index (χ3v) is 5.78. The van der Waals surface area contributed by atoms with Crippen molar-refractivity contribution in [2.24, 2.45) is 10.2 Å². The van der Waals surface area contributed by atoms with E-state index in [0.29, 0.717) is 11.3 Å². The van der Waals surface area contributed by atoms with Crippen LogP contribution in [0.15, 0.2) is 95.1 Å². The maximum Gasteiger partial charge on any atom is 0.318 e. The summed E-state index contributed by atoms with van der Waals surface area (Å²) in [7, 11) is 1.43. The fourth-order valence-electron chi connectivity index (χ4n) is 4.07. The Labute approximate surface area is 210 Å². The van der Waals surface area contributed by atoms with E-state index in [1.807, 2.05) is 36.4 Å². The van der Waals surface area contributed by atoms with Crippen molar-refractivity contribution in [2.75, 3.05) is 7.11 Å². The van der Waals surface area contributed by atoms with Crippen LogP contribution < -0.4 is 9.47 Å². The number of nitro benzene ring substituents is 2. The first-order valence-electron chi connectivity index (χ1n) is 11.0. The Kier molecular flexibility index (Phi) is 6.13. The number of nitro groups is 2. The normalized spacial score (nSPS) is 11.6. The molecule has 0 aromatic heterocycles. The molecule has 0 fully saturated rings. The summed E-state index contributed by atoms with van der Waals surface area (Å²) in [5.41, 5.74) is 4.72. The van der Waals surface area contributed by atoms with E-state index in [1.54, 1.807) is 24.4 Å². The summed E-state index contributed by atoms with van der Waals surface area (Å²) in [6, 6.07) is 24.1. The van der Waals surface area contributed by atoms with Gasteiger partial charge in [0.2, 0.25) is 5.75 Å². The van der Waals surface area contributed by atoms with Crippen LogP contribution in [0, 0.1) is 20.2 Å². The van der Waals surface area contributed by atoms with Gasteiger partial charge in [0.05, 0.1) is 29.2 Å². The van der Waals surface area contributed by atoms with Crippen molar-refractivity contribution < 1.29 is 19.3 Å². The molecule has 4 aromatic rings. The third-order valence-electron chi connectivity index (χ3n) is 5.78. The van der Waals surface area contributed by atoms with Gasteiger partial charge in [0, 0.05) is 17.2 Å². The summed E-state index contributed by atoms with van der Waals surface area (Å²) in [4.78, 5) is 20.9. The molecule has 0 aliphatic heterocycles. The number of benzene rings is 4. The highest BCUT2D eigenvalue weighted by atomic mass is 16.6. The van der Waals surface area contributed by atoms with Crippen molar-refractivity contribution in [3.63, 3.8) is 0 Å². The minimum absolute atomic E-state index is 0.153. The van der Waals surface area contributed by atoms with Gasteiger partial charge in [-0.25, -0.2) is 0 Å². The van der Waals surface area contributed by atoms with Crippen molar-refractivity contribution >= 4 is 23.3 Å². The second-order valence-electron chi connectivity index (χ2n) is 7.96.